The largest absolute Gasteiger partial charge is 0.493 e. The lowest BCUT2D eigenvalue weighted by atomic mass is 9.76. The van der Waals surface area contributed by atoms with Gasteiger partial charge in [-0.05, 0) is 48.1 Å². The van der Waals surface area contributed by atoms with E-state index in [1.54, 1.807) is 16.7 Å². The van der Waals surface area contributed by atoms with Crippen molar-refractivity contribution < 1.29 is 14.3 Å². The number of ether oxygens (including phenoxy) is 1. The van der Waals surface area contributed by atoms with Gasteiger partial charge >= 0.3 is 0 Å². The van der Waals surface area contributed by atoms with Crippen LogP contribution in [0.25, 0.3) is 0 Å². The molecule has 34 heavy (non-hydrogen) atoms. The highest BCUT2D eigenvalue weighted by atomic mass is 32.2. The van der Waals surface area contributed by atoms with Gasteiger partial charge in [-0.2, -0.15) is 0 Å². The number of amides is 2. The zero-order valence-corrected chi connectivity index (χ0v) is 23.4. The van der Waals surface area contributed by atoms with Gasteiger partial charge in [-0.15, -0.1) is 11.8 Å². The Hall–Kier alpha value is -1.69. The highest BCUT2D eigenvalue weighted by Crippen LogP contribution is 2.38. The molecule has 1 aliphatic heterocycles. The molecule has 1 atom stereocenters. The van der Waals surface area contributed by atoms with E-state index in [-0.39, 0.29) is 34.6 Å². The standard InChI is InChI=1S/C28H46N2O3S/c1-9-27(5,6)21-13-14-24(22(17-21)28(7,8)10-2)33-16-12-11-15-29-25(31)23-18-34-19-30(23)26(32)20(3)4/h13-14,17,20,23H,9-12,15-16,18-19H2,1-8H3,(H,29,31). The number of benzene rings is 1. The van der Waals surface area contributed by atoms with Crippen LogP contribution in [0, 0.1) is 5.92 Å². The van der Waals surface area contributed by atoms with Crippen LogP contribution in [-0.2, 0) is 20.4 Å². The third kappa shape index (κ3) is 7.16. The molecule has 0 aliphatic carbocycles. The molecule has 2 amide bonds. The summed E-state index contributed by atoms with van der Waals surface area (Å²) in [5.41, 5.74) is 2.82. The lowest BCUT2D eigenvalue weighted by Gasteiger charge is -2.30. The lowest BCUT2D eigenvalue weighted by Crippen LogP contribution is -2.48. The van der Waals surface area contributed by atoms with E-state index in [0.717, 1.165) is 31.4 Å². The fourth-order valence-electron chi connectivity index (χ4n) is 3.95. The van der Waals surface area contributed by atoms with Gasteiger partial charge < -0.3 is 15.0 Å². The summed E-state index contributed by atoms with van der Waals surface area (Å²) in [6.07, 6.45) is 3.84. The summed E-state index contributed by atoms with van der Waals surface area (Å²) in [5, 5.41) is 3.02. The molecule has 1 heterocycles. The molecule has 1 fully saturated rings. The predicted octanol–water partition coefficient (Wildman–Crippen LogP) is 5.89. The molecule has 1 aromatic carbocycles. The van der Waals surface area contributed by atoms with E-state index < -0.39 is 0 Å². The fourth-order valence-corrected chi connectivity index (χ4v) is 5.11. The average Bonchev–Trinajstić information content (AvgIpc) is 3.30. The van der Waals surface area contributed by atoms with Gasteiger partial charge in [0.15, 0.2) is 0 Å². The number of rotatable bonds is 12. The van der Waals surface area contributed by atoms with Gasteiger partial charge in [-0.1, -0.05) is 67.5 Å². The first kappa shape index (κ1) is 28.5. The number of nitrogens with zero attached hydrogens (tertiary/aromatic N) is 1. The number of hydrogen-bond donors (Lipinski definition) is 1. The van der Waals surface area contributed by atoms with Crippen molar-refractivity contribution in [1.29, 1.82) is 0 Å². The van der Waals surface area contributed by atoms with E-state index in [0.29, 0.717) is 24.8 Å². The van der Waals surface area contributed by atoms with Crippen LogP contribution < -0.4 is 10.1 Å². The molecule has 1 unspecified atom stereocenters. The zero-order chi connectivity index (χ0) is 25.5. The van der Waals surface area contributed by atoms with Crippen molar-refractivity contribution in [3.63, 3.8) is 0 Å². The Morgan fingerprint density at radius 3 is 2.41 bits per heavy atom. The normalized spacial score (nSPS) is 16.7. The molecule has 0 bridgehead atoms. The van der Waals surface area contributed by atoms with Crippen molar-refractivity contribution >= 4 is 23.6 Å². The van der Waals surface area contributed by atoms with Crippen molar-refractivity contribution in [3.05, 3.63) is 29.3 Å². The predicted molar refractivity (Wildman–Crippen MR) is 144 cm³/mol. The molecule has 0 radical (unpaired) electrons. The van der Waals surface area contributed by atoms with Crippen molar-refractivity contribution in [2.45, 2.75) is 97.9 Å². The number of nitrogens with one attached hydrogen (secondary N) is 1. The number of carbonyl (C=O) groups is 2. The van der Waals surface area contributed by atoms with Gasteiger partial charge in [-0.3, -0.25) is 9.59 Å². The molecule has 1 N–H and O–H groups in total. The maximum absolute atomic E-state index is 12.6. The number of carbonyl (C=O) groups excluding carboxylic acids is 2. The van der Waals surface area contributed by atoms with Crippen LogP contribution in [0.3, 0.4) is 0 Å². The molecular formula is C28H46N2O3S. The molecule has 192 valence electrons. The molecule has 0 aromatic heterocycles. The van der Waals surface area contributed by atoms with Gasteiger partial charge in [0.1, 0.15) is 11.8 Å². The quantitative estimate of drug-likeness (QED) is 0.371. The van der Waals surface area contributed by atoms with Crippen LogP contribution in [0.4, 0.5) is 0 Å². The Bertz CT molecular complexity index is 835. The maximum Gasteiger partial charge on any atom is 0.243 e. The van der Waals surface area contributed by atoms with Gasteiger partial charge in [0.25, 0.3) is 0 Å². The maximum atomic E-state index is 12.6. The molecule has 1 aromatic rings. The summed E-state index contributed by atoms with van der Waals surface area (Å²) < 4.78 is 6.24. The Morgan fingerprint density at radius 1 is 1.12 bits per heavy atom. The van der Waals surface area contributed by atoms with Crippen molar-refractivity contribution in [2.75, 3.05) is 24.8 Å². The van der Waals surface area contributed by atoms with E-state index in [4.69, 9.17) is 4.74 Å². The van der Waals surface area contributed by atoms with Crippen LogP contribution in [0.2, 0.25) is 0 Å². The Labute approximate surface area is 211 Å². The zero-order valence-electron chi connectivity index (χ0n) is 22.6. The Kier molecular flexibility index (Phi) is 10.3. The van der Waals surface area contributed by atoms with Crippen LogP contribution in [0.1, 0.15) is 92.2 Å². The fraction of sp³-hybridized carbons (Fsp3) is 0.714. The van der Waals surface area contributed by atoms with Crippen LogP contribution in [0.15, 0.2) is 18.2 Å². The van der Waals surface area contributed by atoms with E-state index in [2.05, 4.69) is 65.1 Å². The van der Waals surface area contributed by atoms with Gasteiger partial charge in [0, 0.05) is 23.8 Å². The van der Waals surface area contributed by atoms with Crippen molar-refractivity contribution in [2.24, 2.45) is 5.92 Å². The highest BCUT2D eigenvalue weighted by Gasteiger charge is 2.35. The second-order valence-electron chi connectivity index (χ2n) is 11.0. The second kappa shape index (κ2) is 12.3. The smallest absolute Gasteiger partial charge is 0.243 e. The van der Waals surface area contributed by atoms with Crippen molar-refractivity contribution in [1.82, 2.24) is 10.2 Å². The third-order valence-electron chi connectivity index (χ3n) is 7.35. The lowest BCUT2D eigenvalue weighted by molar-refractivity contribution is -0.140. The molecule has 0 saturated carbocycles. The minimum absolute atomic E-state index is 0.0407. The first-order valence-electron chi connectivity index (χ1n) is 12.9. The summed E-state index contributed by atoms with van der Waals surface area (Å²) in [6, 6.07) is 6.34. The van der Waals surface area contributed by atoms with E-state index >= 15 is 0 Å². The van der Waals surface area contributed by atoms with Crippen LogP contribution in [0.5, 0.6) is 5.75 Å². The van der Waals surface area contributed by atoms with Gasteiger partial charge in [0.2, 0.25) is 11.8 Å². The van der Waals surface area contributed by atoms with Gasteiger partial charge in [-0.25, -0.2) is 0 Å². The summed E-state index contributed by atoms with van der Waals surface area (Å²) in [4.78, 5) is 26.7. The third-order valence-corrected chi connectivity index (χ3v) is 8.36. The SMILES string of the molecule is CCC(C)(C)c1ccc(OCCCCNC(=O)C2CSCN2C(=O)C(C)C)c(C(C)(C)CC)c1. The summed E-state index contributed by atoms with van der Waals surface area (Å²) in [7, 11) is 0. The molecule has 0 spiro atoms. The minimum atomic E-state index is -0.346. The van der Waals surface area contributed by atoms with E-state index in [1.807, 2.05) is 13.8 Å². The topological polar surface area (TPSA) is 58.6 Å². The summed E-state index contributed by atoms with van der Waals surface area (Å²) in [6.45, 7) is 18.6. The summed E-state index contributed by atoms with van der Waals surface area (Å²) >= 11 is 1.64. The first-order valence-corrected chi connectivity index (χ1v) is 14.0. The van der Waals surface area contributed by atoms with Crippen LogP contribution >= 0.6 is 11.8 Å². The molecule has 5 nitrogen and oxygen atoms in total. The Balaban J connectivity index is 1.88. The first-order chi connectivity index (χ1) is 15.9. The van der Waals surface area contributed by atoms with Crippen LogP contribution in [-0.4, -0.2) is 47.5 Å². The van der Waals surface area contributed by atoms with Crippen molar-refractivity contribution in [3.8, 4) is 5.75 Å². The summed E-state index contributed by atoms with van der Waals surface area (Å²) in [5.74, 6) is 2.17. The minimum Gasteiger partial charge on any atom is -0.493 e. The number of unbranched alkanes of at least 4 members (excludes halogenated alkanes) is 1. The van der Waals surface area contributed by atoms with E-state index in [9.17, 15) is 9.59 Å². The highest BCUT2D eigenvalue weighted by molar-refractivity contribution is 7.99. The molecule has 1 saturated heterocycles. The molecule has 1 aliphatic rings. The average molecular weight is 491 g/mol. The Morgan fingerprint density at radius 2 is 1.79 bits per heavy atom. The number of thioether (sulfide) groups is 1. The van der Waals surface area contributed by atoms with E-state index in [1.165, 1.54) is 11.1 Å². The second-order valence-corrected chi connectivity index (χ2v) is 12.0. The molecule has 2 rings (SSSR count). The molecular weight excluding hydrogens is 444 g/mol. The molecule has 6 heteroatoms. The van der Waals surface area contributed by atoms with Gasteiger partial charge in [0.05, 0.1) is 12.5 Å². The monoisotopic (exact) mass is 490 g/mol. The number of hydrogen-bond acceptors (Lipinski definition) is 4.